The zero-order valence-corrected chi connectivity index (χ0v) is 21.5. The summed E-state index contributed by atoms with van der Waals surface area (Å²) in [5, 5.41) is 3.91. The molecule has 1 amide bonds. The minimum Gasteiger partial charge on any atom is -0.469 e. The smallest absolute Gasteiger partial charge is 0.310 e. The van der Waals surface area contributed by atoms with Crippen molar-refractivity contribution in [1.29, 1.82) is 0 Å². The van der Waals surface area contributed by atoms with Gasteiger partial charge in [0.1, 0.15) is 11.4 Å². The van der Waals surface area contributed by atoms with Crippen LogP contribution in [0.15, 0.2) is 29.4 Å². The summed E-state index contributed by atoms with van der Waals surface area (Å²) < 4.78 is 32.8. The summed E-state index contributed by atoms with van der Waals surface area (Å²) in [6, 6.07) is 5.70. The van der Waals surface area contributed by atoms with E-state index in [-0.39, 0.29) is 24.1 Å². The van der Waals surface area contributed by atoms with Crippen LogP contribution < -0.4 is 5.32 Å². The molecule has 0 radical (unpaired) electrons. The van der Waals surface area contributed by atoms with Crippen molar-refractivity contribution in [3.05, 3.63) is 35.5 Å². The minimum atomic E-state index is -3.52. The fraction of sp³-hybridized carbons (Fsp3) is 0.577. The minimum absolute atomic E-state index is 0.0370. The van der Waals surface area contributed by atoms with Gasteiger partial charge in [-0.05, 0) is 49.3 Å². The van der Waals surface area contributed by atoms with Crippen LogP contribution in [0, 0.1) is 5.92 Å². The topological polar surface area (TPSA) is 121 Å². The molecule has 0 unspecified atom stereocenters. The first-order chi connectivity index (χ1) is 17.3. The molecular formula is C26H34N4O5S. The van der Waals surface area contributed by atoms with Crippen LogP contribution in [0.1, 0.15) is 56.1 Å². The van der Waals surface area contributed by atoms with Crippen LogP contribution in [0.3, 0.4) is 0 Å². The van der Waals surface area contributed by atoms with E-state index >= 15 is 0 Å². The van der Waals surface area contributed by atoms with Gasteiger partial charge < -0.3 is 15.0 Å². The number of hydrogen-bond donors (Lipinski definition) is 2. The summed E-state index contributed by atoms with van der Waals surface area (Å²) in [6.07, 6.45) is 8.74. The maximum Gasteiger partial charge on any atom is 0.310 e. The Morgan fingerprint density at radius 3 is 2.64 bits per heavy atom. The van der Waals surface area contributed by atoms with Crippen molar-refractivity contribution in [3.8, 4) is 0 Å². The lowest BCUT2D eigenvalue weighted by molar-refractivity contribution is -0.139. The number of esters is 1. The monoisotopic (exact) mass is 514 g/mol. The van der Waals surface area contributed by atoms with Crippen LogP contribution >= 0.6 is 0 Å². The third-order valence-corrected chi connectivity index (χ3v) is 9.87. The Morgan fingerprint density at radius 1 is 1.17 bits per heavy atom. The molecule has 2 N–H and O–H groups in total. The number of piperidine rings is 1. The predicted octanol–water partition coefficient (Wildman–Crippen LogP) is 2.70. The predicted molar refractivity (Wildman–Crippen MR) is 137 cm³/mol. The van der Waals surface area contributed by atoms with E-state index in [0.717, 1.165) is 40.7 Å². The number of carbonyl (C=O) groups is 2. The van der Waals surface area contributed by atoms with Gasteiger partial charge in [-0.2, -0.15) is 0 Å². The zero-order chi connectivity index (χ0) is 25.3. The van der Waals surface area contributed by atoms with Gasteiger partial charge in [-0.1, -0.05) is 31.4 Å². The van der Waals surface area contributed by atoms with Gasteiger partial charge >= 0.3 is 5.97 Å². The van der Waals surface area contributed by atoms with Gasteiger partial charge in [-0.25, -0.2) is 12.7 Å². The number of benzene rings is 1. The Bertz CT molecular complexity index is 1280. The molecule has 10 heteroatoms. The quantitative estimate of drug-likeness (QED) is 0.551. The fourth-order valence-corrected chi connectivity index (χ4v) is 7.34. The highest BCUT2D eigenvalue weighted by molar-refractivity contribution is 7.89. The molecule has 0 atom stereocenters. The number of ether oxygens (including phenoxy) is 1. The number of amidine groups is 1. The number of nitrogens with one attached hydrogen (secondary N) is 2. The van der Waals surface area contributed by atoms with Crippen LogP contribution in [0.4, 0.5) is 0 Å². The first-order valence-electron chi connectivity index (χ1n) is 12.8. The highest BCUT2D eigenvalue weighted by Crippen LogP contribution is 2.35. The highest BCUT2D eigenvalue weighted by atomic mass is 32.2. The summed E-state index contributed by atoms with van der Waals surface area (Å²) in [6.45, 7) is 0.582. The lowest BCUT2D eigenvalue weighted by Crippen LogP contribution is -2.51. The molecule has 1 aliphatic carbocycles. The number of H-pyrrole nitrogens is 1. The number of aryl methyl sites for hydroxylation is 1. The Labute approximate surface area is 211 Å². The molecule has 1 saturated heterocycles. The van der Waals surface area contributed by atoms with Crippen LogP contribution in [0.2, 0.25) is 0 Å². The summed E-state index contributed by atoms with van der Waals surface area (Å²) in [5.74, 6) is 0.690. The zero-order valence-electron chi connectivity index (χ0n) is 20.7. The molecule has 0 bridgehead atoms. The van der Waals surface area contributed by atoms with Crippen LogP contribution in [-0.2, 0) is 37.2 Å². The number of carbonyl (C=O) groups excluding carboxylic acids is 2. The average molecular weight is 515 g/mol. The maximum absolute atomic E-state index is 13.2. The number of hydrogen-bond acceptors (Lipinski definition) is 6. The first-order valence-corrected chi connectivity index (χ1v) is 14.5. The molecule has 9 nitrogen and oxygen atoms in total. The van der Waals surface area contributed by atoms with Crippen LogP contribution in [0.25, 0.3) is 10.9 Å². The van der Waals surface area contributed by atoms with Gasteiger partial charge in [-0.15, -0.1) is 0 Å². The molecule has 1 spiro atoms. The first kappa shape index (κ1) is 25.0. The van der Waals surface area contributed by atoms with Gasteiger partial charge in [0, 0.05) is 36.1 Å². The van der Waals surface area contributed by atoms with E-state index in [1.165, 1.54) is 30.7 Å². The lowest BCUT2D eigenvalue weighted by Gasteiger charge is -2.34. The van der Waals surface area contributed by atoms with Gasteiger partial charge in [0.25, 0.3) is 5.91 Å². The van der Waals surface area contributed by atoms with Crippen molar-refractivity contribution in [2.75, 3.05) is 26.0 Å². The van der Waals surface area contributed by atoms with E-state index in [4.69, 9.17) is 9.73 Å². The van der Waals surface area contributed by atoms with E-state index in [0.29, 0.717) is 38.3 Å². The van der Waals surface area contributed by atoms with Crippen molar-refractivity contribution < 1.29 is 22.7 Å². The Kier molecular flexibility index (Phi) is 6.91. The van der Waals surface area contributed by atoms with Crippen LogP contribution in [0.5, 0.6) is 0 Å². The van der Waals surface area contributed by atoms with E-state index in [2.05, 4.69) is 10.3 Å². The largest absolute Gasteiger partial charge is 0.469 e. The molecule has 2 aromatic rings. The number of sulfonamides is 1. The third kappa shape index (κ3) is 4.80. The number of aromatic nitrogens is 1. The second-order valence-corrected chi connectivity index (χ2v) is 12.3. The number of amides is 1. The van der Waals surface area contributed by atoms with Gasteiger partial charge in [0.05, 0.1) is 19.3 Å². The van der Waals surface area contributed by atoms with E-state index < -0.39 is 15.6 Å². The van der Waals surface area contributed by atoms with Crippen LogP contribution in [-0.4, -0.2) is 66.9 Å². The summed E-state index contributed by atoms with van der Waals surface area (Å²) >= 11 is 0. The molecular weight excluding hydrogens is 480 g/mol. The van der Waals surface area contributed by atoms with Crippen molar-refractivity contribution in [2.24, 2.45) is 10.9 Å². The number of fused-ring (bicyclic) bond motifs is 1. The maximum atomic E-state index is 13.2. The fourth-order valence-electron chi connectivity index (χ4n) is 5.86. The molecule has 1 aromatic carbocycles. The standard InChI is InChI=1S/C26H34N4O5S/c1-35-22(31)16-20-17-27-21-9-5-8-18(23(20)21)10-15-36(33,34)30-13-11-26(12-14-30)25(32)28-24(29-26)19-6-3-2-4-7-19/h5,8-9,17,19,27H,2-4,6-7,10-16H2,1H3,(H,28,29,32). The Balaban J connectivity index is 1.25. The average Bonchev–Trinajstić information content (AvgIpc) is 3.44. The van der Waals surface area contributed by atoms with Crippen molar-refractivity contribution in [3.63, 3.8) is 0 Å². The third-order valence-electron chi connectivity index (χ3n) is 8.00. The molecule has 2 fully saturated rings. The molecule has 2 aliphatic heterocycles. The number of aromatic amines is 1. The molecule has 1 aromatic heterocycles. The molecule has 5 rings (SSSR count). The summed E-state index contributed by atoms with van der Waals surface area (Å²) in [4.78, 5) is 32.7. The molecule has 194 valence electrons. The van der Waals surface area contributed by atoms with Gasteiger partial charge in [0.15, 0.2) is 0 Å². The van der Waals surface area contributed by atoms with Gasteiger partial charge in [-0.3, -0.25) is 14.6 Å². The molecule has 36 heavy (non-hydrogen) atoms. The molecule has 3 aliphatic rings. The number of aliphatic imine (C=N–C) groups is 1. The van der Waals surface area contributed by atoms with Gasteiger partial charge in [0.2, 0.25) is 10.0 Å². The Hall–Kier alpha value is -2.72. The lowest BCUT2D eigenvalue weighted by atomic mass is 9.88. The van der Waals surface area contributed by atoms with Crippen molar-refractivity contribution in [1.82, 2.24) is 14.6 Å². The number of methoxy groups -OCH3 is 1. The SMILES string of the molecule is COC(=O)Cc1c[nH]c2cccc(CCS(=O)(=O)N3CCC4(CC3)N=C(C3CCCCC3)NC4=O)c12. The van der Waals surface area contributed by atoms with E-state index in [1.807, 2.05) is 18.2 Å². The normalized spacial score (nSPS) is 21.0. The number of rotatable bonds is 7. The van der Waals surface area contributed by atoms with Crippen molar-refractivity contribution >= 4 is 38.6 Å². The molecule has 1 saturated carbocycles. The van der Waals surface area contributed by atoms with Crippen molar-refractivity contribution in [2.45, 2.75) is 63.3 Å². The van der Waals surface area contributed by atoms with E-state index in [1.54, 1.807) is 6.20 Å². The highest BCUT2D eigenvalue weighted by Gasteiger charge is 2.48. The summed E-state index contributed by atoms with van der Waals surface area (Å²) in [5.41, 5.74) is 1.71. The molecule has 3 heterocycles. The Morgan fingerprint density at radius 2 is 1.92 bits per heavy atom. The second-order valence-electron chi connectivity index (χ2n) is 10.2. The second kappa shape index (κ2) is 9.97. The number of nitrogens with zero attached hydrogens (tertiary/aromatic N) is 2. The summed E-state index contributed by atoms with van der Waals surface area (Å²) in [7, 11) is -2.17. The van der Waals surface area contributed by atoms with E-state index in [9.17, 15) is 18.0 Å².